The van der Waals surface area contributed by atoms with Crippen LogP contribution in [-0.2, 0) is 13.2 Å². The lowest BCUT2D eigenvalue weighted by atomic mass is 10.3. The van der Waals surface area contributed by atoms with Gasteiger partial charge in [0.05, 0.1) is 16.4 Å². The molecule has 0 amide bonds. The van der Waals surface area contributed by atoms with Gasteiger partial charge in [-0.2, -0.15) is 0 Å². The maximum atomic E-state index is 13.7. The summed E-state index contributed by atoms with van der Waals surface area (Å²) in [5.74, 6) is -0.408. The minimum atomic E-state index is -0.544. The number of pyridine rings is 1. The molecule has 5 heteroatoms. The molecule has 0 aliphatic carbocycles. The quantitative estimate of drug-likeness (QED) is 0.884. The van der Waals surface area contributed by atoms with Gasteiger partial charge in [-0.15, -0.1) is 0 Å². The third-order valence-corrected chi connectivity index (χ3v) is 3.00. The molecule has 0 aliphatic heterocycles. The molecule has 1 N–H and O–H groups in total. The summed E-state index contributed by atoms with van der Waals surface area (Å²) >= 11 is 5.70. The second kappa shape index (κ2) is 7.22. The predicted molar refractivity (Wildman–Crippen MR) is 77.4 cm³/mol. The Balaban J connectivity index is 2.01. The molecule has 0 unspecified atom stereocenters. The van der Waals surface area contributed by atoms with Crippen LogP contribution >= 0.6 is 11.6 Å². The number of nitrogens with zero attached hydrogens (tertiary/aromatic N) is 1. The molecule has 0 radical (unpaired) electrons. The van der Waals surface area contributed by atoms with Crippen LogP contribution in [0.1, 0.15) is 18.3 Å². The summed E-state index contributed by atoms with van der Waals surface area (Å²) in [5, 5.41) is 3.25. The predicted octanol–water partition coefficient (Wildman–Crippen LogP) is 3.56. The van der Waals surface area contributed by atoms with Gasteiger partial charge in [0.2, 0.25) is 0 Å². The van der Waals surface area contributed by atoms with Crippen LogP contribution in [-0.4, -0.2) is 11.5 Å². The Morgan fingerprint density at radius 3 is 2.75 bits per heavy atom. The highest BCUT2D eigenvalue weighted by Gasteiger charge is 2.07. The zero-order chi connectivity index (χ0) is 14.4. The fourth-order valence-electron chi connectivity index (χ4n) is 1.71. The van der Waals surface area contributed by atoms with Crippen LogP contribution in [0.2, 0.25) is 5.02 Å². The summed E-state index contributed by atoms with van der Waals surface area (Å²) in [6.07, 6.45) is 0. The van der Waals surface area contributed by atoms with E-state index in [1.807, 2.05) is 25.1 Å². The Morgan fingerprint density at radius 1 is 1.20 bits per heavy atom. The van der Waals surface area contributed by atoms with Crippen molar-refractivity contribution in [3.8, 4) is 5.75 Å². The fraction of sp³-hybridized carbons (Fsp3) is 0.267. The van der Waals surface area contributed by atoms with E-state index < -0.39 is 5.82 Å². The van der Waals surface area contributed by atoms with Gasteiger partial charge in [-0.25, -0.2) is 4.39 Å². The monoisotopic (exact) mass is 294 g/mol. The molecule has 0 bridgehead atoms. The molecule has 0 aliphatic rings. The van der Waals surface area contributed by atoms with E-state index >= 15 is 0 Å². The van der Waals surface area contributed by atoms with Crippen molar-refractivity contribution >= 4 is 11.6 Å². The van der Waals surface area contributed by atoms with Crippen molar-refractivity contribution in [1.82, 2.24) is 10.3 Å². The zero-order valence-corrected chi connectivity index (χ0v) is 12.0. The molecule has 1 heterocycles. The molecule has 0 saturated carbocycles. The molecule has 1 aromatic heterocycles. The minimum Gasteiger partial charge on any atom is -0.484 e. The number of aromatic nitrogens is 1. The lowest BCUT2D eigenvalue weighted by Crippen LogP contribution is -2.13. The second-order valence-corrected chi connectivity index (χ2v) is 4.65. The lowest BCUT2D eigenvalue weighted by molar-refractivity contribution is 0.285. The molecule has 0 atom stereocenters. The first kappa shape index (κ1) is 14.8. The first-order valence-electron chi connectivity index (χ1n) is 6.43. The number of nitrogens with one attached hydrogen (secondary N) is 1. The first-order valence-corrected chi connectivity index (χ1v) is 6.81. The van der Waals surface area contributed by atoms with Crippen molar-refractivity contribution in [3.63, 3.8) is 0 Å². The van der Waals surface area contributed by atoms with Gasteiger partial charge in [-0.1, -0.05) is 30.7 Å². The van der Waals surface area contributed by atoms with Crippen LogP contribution in [0.4, 0.5) is 4.39 Å². The van der Waals surface area contributed by atoms with Crippen molar-refractivity contribution in [2.75, 3.05) is 6.54 Å². The van der Waals surface area contributed by atoms with Gasteiger partial charge in [0.15, 0.2) is 11.6 Å². The maximum Gasteiger partial charge on any atom is 0.183 e. The number of hydrogen-bond acceptors (Lipinski definition) is 3. The van der Waals surface area contributed by atoms with Crippen molar-refractivity contribution in [2.45, 2.75) is 20.1 Å². The molecule has 106 valence electrons. The number of halogens is 2. The summed E-state index contributed by atoms with van der Waals surface area (Å²) in [4.78, 5) is 4.43. The van der Waals surface area contributed by atoms with E-state index in [4.69, 9.17) is 16.3 Å². The highest BCUT2D eigenvalue weighted by atomic mass is 35.5. The molecular formula is C15H16ClFN2O. The Kier molecular flexibility index (Phi) is 5.32. The second-order valence-electron chi connectivity index (χ2n) is 4.24. The van der Waals surface area contributed by atoms with Crippen molar-refractivity contribution < 1.29 is 9.13 Å². The van der Waals surface area contributed by atoms with E-state index in [1.165, 1.54) is 6.07 Å². The third-order valence-electron chi connectivity index (χ3n) is 2.71. The Morgan fingerprint density at radius 2 is 1.95 bits per heavy atom. The highest BCUT2D eigenvalue weighted by Crippen LogP contribution is 2.24. The Bertz CT molecular complexity index is 578. The summed E-state index contributed by atoms with van der Waals surface area (Å²) in [6.45, 7) is 3.83. The topological polar surface area (TPSA) is 34.1 Å². The van der Waals surface area contributed by atoms with Crippen molar-refractivity contribution in [2.24, 2.45) is 0 Å². The van der Waals surface area contributed by atoms with E-state index in [1.54, 1.807) is 12.1 Å². The zero-order valence-electron chi connectivity index (χ0n) is 11.2. The fourth-order valence-corrected chi connectivity index (χ4v) is 1.87. The van der Waals surface area contributed by atoms with E-state index in [0.29, 0.717) is 6.54 Å². The van der Waals surface area contributed by atoms with Crippen LogP contribution in [0, 0.1) is 5.82 Å². The normalized spacial score (nSPS) is 10.6. The van der Waals surface area contributed by atoms with Crippen molar-refractivity contribution in [3.05, 3.63) is 58.6 Å². The molecule has 0 spiro atoms. The number of hydrogen-bond donors (Lipinski definition) is 1. The number of rotatable bonds is 6. The van der Waals surface area contributed by atoms with E-state index in [9.17, 15) is 4.39 Å². The van der Waals surface area contributed by atoms with Gasteiger partial charge < -0.3 is 10.1 Å². The first-order chi connectivity index (χ1) is 9.70. The van der Waals surface area contributed by atoms with Gasteiger partial charge in [0.1, 0.15) is 6.61 Å². The standard InChI is InChI=1S/C15H16ClFN2O/c1-2-18-9-11-5-3-6-12(19-11)10-20-14-8-4-7-13(16)15(14)17/h3-8,18H,2,9-10H2,1H3. The van der Waals surface area contributed by atoms with Crippen LogP contribution in [0.3, 0.4) is 0 Å². The third kappa shape index (κ3) is 3.92. The maximum absolute atomic E-state index is 13.7. The molecule has 0 saturated heterocycles. The molecule has 2 rings (SSSR count). The Hall–Kier alpha value is -1.65. The smallest absolute Gasteiger partial charge is 0.183 e. The van der Waals surface area contributed by atoms with Gasteiger partial charge in [0, 0.05) is 6.54 Å². The summed E-state index contributed by atoms with van der Waals surface area (Å²) in [7, 11) is 0. The summed E-state index contributed by atoms with van der Waals surface area (Å²) in [5.41, 5.74) is 1.68. The molecule has 2 aromatic rings. The minimum absolute atomic E-state index is 0.0522. The van der Waals surface area contributed by atoms with Crippen LogP contribution < -0.4 is 10.1 Å². The average molecular weight is 295 g/mol. The van der Waals surface area contributed by atoms with Gasteiger partial charge in [-0.3, -0.25) is 4.98 Å². The number of ether oxygens (including phenoxy) is 1. The molecule has 3 nitrogen and oxygen atoms in total. The SMILES string of the molecule is CCNCc1cccc(COc2cccc(Cl)c2F)n1. The van der Waals surface area contributed by atoms with Gasteiger partial charge >= 0.3 is 0 Å². The Labute approximate surface area is 122 Å². The lowest BCUT2D eigenvalue weighted by Gasteiger charge is -2.09. The van der Waals surface area contributed by atoms with Crippen LogP contribution in [0.25, 0.3) is 0 Å². The van der Waals surface area contributed by atoms with Crippen LogP contribution in [0.5, 0.6) is 5.75 Å². The highest BCUT2D eigenvalue weighted by molar-refractivity contribution is 6.30. The van der Waals surface area contributed by atoms with E-state index in [-0.39, 0.29) is 17.4 Å². The van der Waals surface area contributed by atoms with Gasteiger partial charge in [-0.05, 0) is 30.8 Å². The molecule has 1 aromatic carbocycles. The van der Waals surface area contributed by atoms with E-state index in [2.05, 4.69) is 10.3 Å². The van der Waals surface area contributed by atoms with Crippen LogP contribution in [0.15, 0.2) is 36.4 Å². The summed E-state index contributed by atoms with van der Waals surface area (Å²) < 4.78 is 19.1. The number of benzene rings is 1. The van der Waals surface area contributed by atoms with E-state index in [0.717, 1.165) is 17.9 Å². The van der Waals surface area contributed by atoms with Gasteiger partial charge in [0.25, 0.3) is 0 Å². The molecule has 0 fully saturated rings. The average Bonchev–Trinajstić information content (AvgIpc) is 2.47. The summed E-state index contributed by atoms with van der Waals surface area (Å²) in [6, 6.07) is 10.4. The largest absolute Gasteiger partial charge is 0.484 e. The molecule has 20 heavy (non-hydrogen) atoms. The molecular weight excluding hydrogens is 279 g/mol. The van der Waals surface area contributed by atoms with Crippen molar-refractivity contribution in [1.29, 1.82) is 0 Å².